The zero-order chi connectivity index (χ0) is 20.0. The Bertz CT molecular complexity index is 824. The number of amides is 2. The Morgan fingerprint density at radius 2 is 1.59 bits per heavy atom. The Morgan fingerprint density at radius 3 is 2.15 bits per heavy atom. The molecule has 0 aliphatic rings. The van der Waals surface area contributed by atoms with E-state index in [-0.39, 0.29) is 35.5 Å². The Labute approximate surface area is 158 Å². The van der Waals surface area contributed by atoms with E-state index in [2.05, 4.69) is 16.0 Å². The fourth-order valence-electron chi connectivity index (χ4n) is 2.28. The van der Waals surface area contributed by atoms with Crippen LogP contribution in [0.3, 0.4) is 0 Å². The van der Waals surface area contributed by atoms with Crippen LogP contribution in [0.5, 0.6) is 0 Å². The van der Waals surface area contributed by atoms with Crippen molar-refractivity contribution < 1.29 is 22.8 Å². The Kier molecular flexibility index (Phi) is 6.68. The van der Waals surface area contributed by atoms with Gasteiger partial charge < -0.3 is 16.0 Å². The van der Waals surface area contributed by atoms with E-state index in [4.69, 9.17) is 11.6 Å². The molecule has 3 N–H and O–H groups in total. The minimum absolute atomic E-state index is 0.0144. The molecule has 0 unspecified atom stereocenters. The van der Waals surface area contributed by atoms with Gasteiger partial charge in [-0.15, -0.1) is 0 Å². The number of rotatable bonds is 6. The Hall–Kier alpha value is -2.74. The lowest BCUT2D eigenvalue weighted by molar-refractivity contribution is -0.137. The van der Waals surface area contributed by atoms with Gasteiger partial charge in [0, 0.05) is 42.0 Å². The summed E-state index contributed by atoms with van der Waals surface area (Å²) in [5.74, 6) is -0.574. The maximum Gasteiger partial charge on any atom is 0.418 e. The van der Waals surface area contributed by atoms with Gasteiger partial charge in [0.25, 0.3) is 0 Å². The summed E-state index contributed by atoms with van der Waals surface area (Å²) < 4.78 is 39.0. The molecule has 0 atom stereocenters. The first-order valence-corrected chi connectivity index (χ1v) is 8.31. The van der Waals surface area contributed by atoms with E-state index in [9.17, 15) is 22.8 Å². The van der Waals surface area contributed by atoms with E-state index in [1.807, 2.05) is 0 Å². The number of hydrogen-bond donors (Lipinski definition) is 3. The smallest absolute Gasteiger partial charge is 0.384 e. The van der Waals surface area contributed by atoms with Crippen LogP contribution in [0.1, 0.15) is 18.9 Å². The second-order valence-corrected chi connectivity index (χ2v) is 6.11. The zero-order valence-corrected chi connectivity index (χ0v) is 15.0. The molecule has 9 heteroatoms. The van der Waals surface area contributed by atoms with Crippen molar-refractivity contribution in [1.82, 2.24) is 0 Å². The monoisotopic (exact) mass is 399 g/mol. The van der Waals surface area contributed by atoms with Crippen LogP contribution in [-0.4, -0.2) is 18.4 Å². The van der Waals surface area contributed by atoms with Crippen molar-refractivity contribution in [3.05, 3.63) is 53.1 Å². The second-order valence-electron chi connectivity index (χ2n) is 5.67. The lowest BCUT2D eigenvalue weighted by Gasteiger charge is -2.15. The molecule has 0 heterocycles. The molecular formula is C18H17ClF3N3O2. The first-order valence-electron chi connectivity index (χ1n) is 7.93. The highest BCUT2D eigenvalue weighted by atomic mass is 35.5. The number of carbonyl (C=O) groups excluding carboxylic acids is 2. The maximum absolute atomic E-state index is 13.0. The number of anilines is 3. The van der Waals surface area contributed by atoms with Crippen LogP contribution < -0.4 is 16.0 Å². The fraction of sp³-hybridized carbons (Fsp3) is 0.222. The SMILES string of the molecule is CC(=O)Nc1ccc(NC(=O)CCNc2ccc(Cl)cc2C(F)(F)F)cc1. The third kappa shape index (κ3) is 6.49. The van der Waals surface area contributed by atoms with Crippen LogP contribution in [0.25, 0.3) is 0 Å². The van der Waals surface area contributed by atoms with Gasteiger partial charge in [-0.3, -0.25) is 9.59 Å². The average molecular weight is 400 g/mol. The molecule has 2 aromatic carbocycles. The molecule has 5 nitrogen and oxygen atoms in total. The minimum Gasteiger partial charge on any atom is -0.384 e. The van der Waals surface area contributed by atoms with E-state index in [0.717, 1.165) is 6.07 Å². The van der Waals surface area contributed by atoms with E-state index in [0.29, 0.717) is 11.4 Å². The van der Waals surface area contributed by atoms with Gasteiger partial charge >= 0.3 is 6.18 Å². The fourth-order valence-corrected chi connectivity index (χ4v) is 2.45. The Morgan fingerprint density at radius 1 is 1.00 bits per heavy atom. The largest absolute Gasteiger partial charge is 0.418 e. The van der Waals surface area contributed by atoms with E-state index in [1.54, 1.807) is 24.3 Å². The van der Waals surface area contributed by atoms with Crippen LogP contribution in [0, 0.1) is 0 Å². The lowest BCUT2D eigenvalue weighted by Crippen LogP contribution is -2.18. The molecule has 0 aliphatic carbocycles. The van der Waals surface area contributed by atoms with Crippen molar-refractivity contribution in [2.75, 3.05) is 22.5 Å². The van der Waals surface area contributed by atoms with Crippen LogP contribution >= 0.6 is 11.6 Å². The van der Waals surface area contributed by atoms with Crippen molar-refractivity contribution in [3.8, 4) is 0 Å². The standard InChI is InChI=1S/C18H17ClF3N3O2/c1-11(26)24-13-3-5-14(6-4-13)25-17(27)8-9-23-16-7-2-12(19)10-15(16)18(20,21)22/h2-7,10,23H,8-9H2,1H3,(H,24,26)(H,25,27). The molecule has 0 saturated carbocycles. The highest BCUT2D eigenvalue weighted by molar-refractivity contribution is 6.30. The molecule has 0 aromatic heterocycles. The topological polar surface area (TPSA) is 70.2 Å². The molecule has 0 bridgehead atoms. The van der Waals surface area contributed by atoms with Gasteiger partial charge in [0.15, 0.2) is 0 Å². The third-order valence-electron chi connectivity index (χ3n) is 3.44. The van der Waals surface area contributed by atoms with Crippen LogP contribution in [-0.2, 0) is 15.8 Å². The molecule has 0 radical (unpaired) electrons. The van der Waals surface area contributed by atoms with Gasteiger partial charge in [-0.1, -0.05) is 11.6 Å². The molecule has 0 spiro atoms. The molecule has 2 rings (SSSR count). The lowest BCUT2D eigenvalue weighted by atomic mass is 10.1. The highest BCUT2D eigenvalue weighted by Gasteiger charge is 2.33. The van der Waals surface area contributed by atoms with Gasteiger partial charge in [-0.05, 0) is 42.5 Å². The van der Waals surface area contributed by atoms with Gasteiger partial charge in [0.1, 0.15) is 0 Å². The van der Waals surface area contributed by atoms with Gasteiger partial charge in [-0.2, -0.15) is 13.2 Å². The highest BCUT2D eigenvalue weighted by Crippen LogP contribution is 2.36. The van der Waals surface area contributed by atoms with Gasteiger partial charge in [-0.25, -0.2) is 0 Å². The predicted molar refractivity (Wildman–Crippen MR) is 98.9 cm³/mol. The van der Waals surface area contributed by atoms with Crippen LogP contribution in [0.2, 0.25) is 5.02 Å². The van der Waals surface area contributed by atoms with Crippen molar-refractivity contribution in [1.29, 1.82) is 0 Å². The number of benzene rings is 2. The average Bonchev–Trinajstić information content (AvgIpc) is 2.56. The summed E-state index contributed by atoms with van der Waals surface area (Å²) in [6.07, 6.45) is -4.58. The zero-order valence-electron chi connectivity index (χ0n) is 14.3. The molecule has 0 saturated heterocycles. The first-order chi connectivity index (χ1) is 12.6. The van der Waals surface area contributed by atoms with Crippen molar-refractivity contribution >= 4 is 40.5 Å². The maximum atomic E-state index is 13.0. The second kappa shape index (κ2) is 8.77. The number of halogens is 4. The van der Waals surface area contributed by atoms with Crippen molar-refractivity contribution in [3.63, 3.8) is 0 Å². The molecule has 2 aromatic rings. The van der Waals surface area contributed by atoms with E-state index >= 15 is 0 Å². The van der Waals surface area contributed by atoms with Gasteiger partial charge in [0.2, 0.25) is 11.8 Å². The first kappa shape index (κ1) is 20.6. The minimum atomic E-state index is -4.55. The number of carbonyl (C=O) groups is 2. The predicted octanol–water partition coefficient (Wildman–Crippen LogP) is 4.76. The third-order valence-corrected chi connectivity index (χ3v) is 3.68. The van der Waals surface area contributed by atoms with E-state index < -0.39 is 11.7 Å². The molecule has 144 valence electrons. The summed E-state index contributed by atoms with van der Waals surface area (Å²) in [5.41, 5.74) is 0.0736. The molecule has 2 amide bonds. The number of hydrogen-bond acceptors (Lipinski definition) is 3. The molecule has 0 aliphatic heterocycles. The van der Waals surface area contributed by atoms with Crippen molar-refractivity contribution in [2.24, 2.45) is 0 Å². The van der Waals surface area contributed by atoms with Gasteiger partial charge in [0.05, 0.1) is 5.56 Å². The summed E-state index contributed by atoms with van der Waals surface area (Å²) in [5, 5.41) is 7.81. The Balaban J connectivity index is 1.89. The van der Waals surface area contributed by atoms with Crippen LogP contribution in [0.15, 0.2) is 42.5 Å². The molecular weight excluding hydrogens is 383 g/mol. The number of alkyl halides is 3. The van der Waals surface area contributed by atoms with Crippen LogP contribution in [0.4, 0.5) is 30.2 Å². The summed E-state index contributed by atoms with van der Waals surface area (Å²) in [6.45, 7) is 1.40. The normalized spacial score (nSPS) is 11.0. The molecule has 27 heavy (non-hydrogen) atoms. The number of nitrogens with one attached hydrogen (secondary N) is 3. The summed E-state index contributed by atoms with van der Waals surface area (Å²) >= 11 is 5.62. The summed E-state index contributed by atoms with van der Waals surface area (Å²) in [6, 6.07) is 9.87. The summed E-state index contributed by atoms with van der Waals surface area (Å²) in [7, 11) is 0. The van der Waals surface area contributed by atoms with E-state index in [1.165, 1.54) is 19.1 Å². The quantitative estimate of drug-likeness (QED) is 0.656. The van der Waals surface area contributed by atoms with Crippen molar-refractivity contribution in [2.45, 2.75) is 19.5 Å². The summed E-state index contributed by atoms with van der Waals surface area (Å²) in [4.78, 5) is 22.9. The molecule has 0 fully saturated rings.